The van der Waals surface area contributed by atoms with Crippen molar-refractivity contribution in [3.63, 3.8) is 0 Å². The van der Waals surface area contributed by atoms with Crippen molar-refractivity contribution in [1.29, 1.82) is 0 Å². The van der Waals surface area contributed by atoms with Crippen LogP contribution in [0.2, 0.25) is 0 Å². The van der Waals surface area contributed by atoms with Crippen molar-refractivity contribution in [2.45, 2.75) is 25.3 Å². The minimum Gasteiger partial charge on any atom is -0.480 e. The number of nitrogens with two attached hydrogens (primary N) is 1. The van der Waals surface area contributed by atoms with Gasteiger partial charge in [-0.1, -0.05) is 0 Å². The van der Waals surface area contributed by atoms with Crippen LogP contribution in [0.15, 0.2) is 12.4 Å². The number of ether oxygens (including phenoxy) is 1. The van der Waals surface area contributed by atoms with Gasteiger partial charge in [0.25, 0.3) is 0 Å². The lowest BCUT2D eigenvalue weighted by molar-refractivity contribution is 0.377. The van der Waals surface area contributed by atoms with Crippen molar-refractivity contribution in [3.05, 3.63) is 12.4 Å². The zero-order valence-electron chi connectivity index (χ0n) is 9.59. The molecule has 1 aliphatic carbocycles. The fraction of sp³-hybridized carbons (Fsp3) is 0.636. The van der Waals surface area contributed by atoms with E-state index in [2.05, 4.69) is 14.9 Å². The van der Waals surface area contributed by atoms with E-state index in [4.69, 9.17) is 10.5 Å². The highest BCUT2D eigenvalue weighted by atomic mass is 16.5. The highest BCUT2D eigenvalue weighted by Crippen LogP contribution is 2.28. The summed E-state index contributed by atoms with van der Waals surface area (Å²) in [7, 11) is 1.60. The van der Waals surface area contributed by atoms with E-state index in [0.29, 0.717) is 18.5 Å². The van der Waals surface area contributed by atoms with Crippen LogP contribution in [-0.2, 0) is 0 Å². The molecule has 1 aromatic rings. The molecule has 0 radical (unpaired) electrons. The number of nitrogens with zero attached hydrogens (tertiary/aromatic N) is 3. The Morgan fingerprint density at radius 3 is 2.88 bits per heavy atom. The maximum absolute atomic E-state index is 5.63. The van der Waals surface area contributed by atoms with Gasteiger partial charge in [-0.25, -0.2) is 0 Å². The summed E-state index contributed by atoms with van der Waals surface area (Å²) in [4.78, 5) is 10.8. The fourth-order valence-electron chi connectivity index (χ4n) is 1.90. The van der Waals surface area contributed by atoms with Crippen LogP contribution in [0, 0.1) is 0 Å². The van der Waals surface area contributed by atoms with Crippen molar-refractivity contribution in [1.82, 2.24) is 9.97 Å². The van der Waals surface area contributed by atoms with Crippen LogP contribution in [-0.4, -0.2) is 36.2 Å². The van der Waals surface area contributed by atoms with Gasteiger partial charge in [0.1, 0.15) is 0 Å². The van der Waals surface area contributed by atoms with Gasteiger partial charge in [-0.15, -0.1) is 0 Å². The summed E-state index contributed by atoms with van der Waals surface area (Å²) < 4.78 is 5.08. The molecule has 0 aromatic carbocycles. The van der Waals surface area contributed by atoms with E-state index in [-0.39, 0.29) is 0 Å². The van der Waals surface area contributed by atoms with E-state index in [1.54, 1.807) is 19.5 Å². The summed E-state index contributed by atoms with van der Waals surface area (Å²) in [5.74, 6) is 1.42. The average molecular weight is 222 g/mol. The van der Waals surface area contributed by atoms with Crippen molar-refractivity contribution >= 4 is 5.82 Å². The average Bonchev–Trinajstić information content (AvgIpc) is 2.26. The predicted molar refractivity (Wildman–Crippen MR) is 62.6 cm³/mol. The lowest BCUT2D eigenvalue weighted by Gasteiger charge is -2.38. The van der Waals surface area contributed by atoms with Crippen LogP contribution >= 0.6 is 0 Å². The van der Waals surface area contributed by atoms with E-state index in [9.17, 15) is 0 Å². The molecule has 2 rings (SSSR count). The second kappa shape index (κ2) is 5.12. The number of aromatic nitrogens is 2. The Morgan fingerprint density at radius 2 is 2.31 bits per heavy atom. The molecule has 0 amide bonds. The minimum atomic E-state index is 0.554. The summed E-state index contributed by atoms with van der Waals surface area (Å²) >= 11 is 0. The monoisotopic (exact) mass is 222 g/mol. The minimum absolute atomic E-state index is 0.554. The molecule has 0 spiro atoms. The quantitative estimate of drug-likeness (QED) is 0.798. The predicted octanol–water partition coefficient (Wildman–Crippen LogP) is 0.803. The summed E-state index contributed by atoms with van der Waals surface area (Å²) in [6.45, 7) is 1.46. The maximum atomic E-state index is 5.63. The van der Waals surface area contributed by atoms with Crippen molar-refractivity contribution in [3.8, 4) is 5.88 Å². The molecule has 1 aliphatic rings. The van der Waals surface area contributed by atoms with E-state index in [1.165, 1.54) is 19.3 Å². The molecule has 1 fully saturated rings. The number of methoxy groups -OCH3 is 1. The molecule has 5 heteroatoms. The molecular weight excluding hydrogens is 204 g/mol. The third-order valence-electron chi connectivity index (χ3n) is 2.99. The van der Waals surface area contributed by atoms with Crippen LogP contribution in [0.3, 0.4) is 0 Å². The number of hydrogen-bond acceptors (Lipinski definition) is 5. The number of anilines is 1. The molecule has 1 saturated carbocycles. The highest BCUT2D eigenvalue weighted by molar-refractivity contribution is 5.39. The molecule has 0 unspecified atom stereocenters. The Kier molecular flexibility index (Phi) is 3.56. The van der Waals surface area contributed by atoms with E-state index in [0.717, 1.165) is 12.4 Å². The lowest BCUT2D eigenvalue weighted by Crippen LogP contribution is -2.43. The second-order valence-corrected chi connectivity index (χ2v) is 3.99. The van der Waals surface area contributed by atoms with Crippen molar-refractivity contribution in [2.75, 3.05) is 25.1 Å². The Labute approximate surface area is 95.6 Å². The van der Waals surface area contributed by atoms with E-state index in [1.807, 2.05) is 0 Å². The first kappa shape index (κ1) is 11.1. The van der Waals surface area contributed by atoms with E-state index >= 15 is 0 Å². The summed E-state index contributed by atoms with van der Waals surface area (Å²) in [6, 6.07) is 0.574. The molecule has 88 valence electrons. The molecule has 0 saturated heterocycles. The number of hydrogen-bond donors (Lipinski definition) is 1. The maximum Gasteiger partial charge on any atom is 0.233 e. The van der Waals surface area contributed by atoms with Gasteiger partial charge in [-0.05, 0) is 19.3 Å². The topological polar surface area (TPSA) is 64.3 Å². The zero-order valence-corrected chi connectivity index (χ0v) is 9.59. The Morgan fingerprint density at radius 1 is 1.50 bits per heavy atom. The Hall–Kier alpha value is -1.36. The van der Waals surface area contributed by atoms with Gasteiger partial charge in [0.15, 0.2) is 5.82 Å². The standard InChI is InChI=1S/C11H18N4O/c1-16-11-8-13-7-10(14-11)15(6-5-12)9-3-2-4-9/h7-9H,2-6,12H2,1H3. The SMILES string of the molecule is COc1cncc(N(CCN)C2CCC2)n1. The molecule has 2 N–H and O–H groups in total. The smallest absolute Gasteiger partial charge is 0.233 e. The highest BCUT2D eigenvalue weighted by Gasteiger charge is 2.25. The van der Waals surface area contributed by atoms with Crippen LogP contribution < -0.4 is 15.4 Å². The van der Waals surface area contributed by atoms with Crippen LogP contribution in [0.4, 0.5) is 5.82 Å². The lowest BCUT2D eigenvalue weighted by atomic mass is 9.91. The molecule has 0 atom stereocenters. The van der Waals surface area contributed by atoms with E-state index < -0.39 is 0 Å². The number of rotatable bonds is 5. The molecular formula is C11H18N4O. The third kappa shape index (κ3) is 2.24. The Bertz CT molecular complexity index is 341. The largest absolute Gasteiger partial charge is 0.480 e. The summed E-state index contributed by atoms with van der Waals surface area (Å²) in [5.41, 5.74) is 5.63. The molecule has 0 bridgehead atoms. The second-order valence-electron chi connectivity index (χ2n) is 3.99. The summed E-state index contributed by atoms with van der Waals surface area (Å²) in [6.07, 6.45) is 7.13. The molecule has 1 aromatic heterocycles. The molecule has 0 aliphatic heterocycles. The van der Waals surface area contributed by atoms with Gasteiger partial charge in [0.2, 0.25) is 5.88 Å². The van der Waals surface area contributed by atoms with Crippen molar-refractivity contribution in [2.24, 2.45) is 5.73 Å². The fourth-order valence-corrected chi connectivity index (χ4v) is 1.90. The van der Waals surface area contributed by atoms with Crippen LogP contribution in [0.5, 0.6) is 5.88 Å². The molecule has 5 nitrogen and oxygen atoms in total. The van der Waals surface area contributed by atoms with Crippen LogP contribution in [0.1, 0.15) is 19.3 Å². The molecule has 16 heavy (non-hydrogen) atoms. The van der Waals surface area contributed by atoms with Gasteiger partial charge in [0, 0.05) is 19.1 Å². The Balaban J connectivity index is 2.16. The normalized spacial score (nSPS) is 15.6. The first-order chi connectivity index (χ1) is 7.85. The van der Waals surface area contributed by atoms with Crippen LogP contribution in [0.25, 0.3) is 0 Å². The first-order valence-corrected chi connectivity index (χ1v) is 5.68. The first-order valence-electron chi connectivity index (χ1n) is 5.68. The van der Waals surface area contributed by atoms with Gasteiger partial charge in [0.05, 0.1) is 19.5 Å². The van der Waals surface area contributed by atoms with Gasteiger partial charge >= 0.3 is 0 Å². The summed E-state index contributed by atoms with van der Waals surface area (Å²) in [5, 5.41) is 0. The van der Waals surface area contributed by atoms with Crippen molar-refractivity contribution < 1.29 is 4.74 Å². The van der Waals surface area contributed by atoms with Gasteiger partial charge < -0.3 is 15.4 Å². The van der Waals surface area contributed by atoms with Gasteiger partial charge in [-0.2, -0.15) is 4.98 Å². The van der Waals surface area contributed by atoms with Gasteiger partial charge in [-0.3, -0.25) is 4.98 Å². The third-order valence-corrected chi connectivity index (χ3v) is 2.99. The molecule has 1 heterocycles. The zero-order chi connectivity index (χ0) is 11.4.